The van der Waals surface area contributed by atoms with Crippen LogP contribution in [0.25, 0.3) is 0 Å². The molecule has 0 aliphatic heterocycles. The number of nitrogens with zero attached hydrogens (tertiary/aromatic N) is 2. The highest BCUT2D eigenvalue weighted by molar-refractivity contribution is 5.77. The first kappa shape index (κ1) is 16.0. The van der Waals surface area contributed by atoms with E-state index in [2.05, 4.69) is 10.2 Å². The maximum Gasteiger partial charge on any atom is 0.332 e. The molecule has 0 saturated heterocycles. The Bertz CT molecular complexity index is 246. The smallest absolute Gasteiger partial charge is 0.332 e. The molecule has 0 radical (unpaired) electrons. The zero-order valence-electron chi connectivity index (χ0n) is 9.68. The average molecular weight is 218 g/mol. The number of rotatable bonds is 3. The highest BCUT2D eigenvalue weighted by atomic mass is 16.4. The fourth-order valence-electron chi connectivity index (χ4n) is 0.293. The summed E-state index contributed by atoms with van der Waals surface area (Å²) < 4.78 is 0. The van der Waals surface area contributed by atoms with Gasteiger partial charge in [-0.2, -0.15) is 10.2 Å². The third kappa shape index (κ3) is 8.86. The van der Waals surface area contributed by atoms with Gasteiger partial charge in [0.2, 0.25) is 0 Å². The number of carbonyl (C=O) groups is 2. The summed E-state index contributed by atoms with van der Waals surface area (Å²) in [4.78, 5) is 20.0. The van der Waals surface area contributed by atoms with Crippen molar-refractivity contribution in [1.82, 2.24) is 0 Å². The standard InChI is InChI=1S/C5H10N2O2.C4H8O2/c1-5(2,4(8)9)7-6-3;1-3(2)4(5)6/h1-3H3,(H,8,9);3H,1-2H3,(H,5,6). The Balaban J connectivity index is 0. The summed E-state index contributed by atoms with van der Waals surface area (Å²) in [5, 5.41) is 23.3. The molecule has 0 amide bonds. The Morgan fingerprint density at radius 3 is 1.60 bits per heavy atom. The molecule has 0 heterocycles. The second kappa shape index (κ2) is 6.92. The van der Waals surface area contributed by atoms with Crippen molar-refractivity contribution in [1.29, 1.82) is 0 Å². The van der Waals surface area contributed by atoms with Gasteiger partial charge in [0.25, 0.3) is 0 Å². The van der Waals surface area contributed by atoms with Crippen molar-refractivity contribution in [3.63, 3.8) is 0 Å². The van der Waals surface area contributed by atoms with Crippen LogP contribution >= 0.6 is 0 Å². The lowest BCUT2D eigenvalue weighted by Gasteiger charge is -2.09. The molecule has 0 aliphatic rings. The molecule has 0 saturated carbocycles. The molecular weight excluding hydrogens is 200 g/mol. The van der Waals surface area contributed by atoms with Crippen LogP contribution in [0.5, 0.6) is 0 Å². The van der Waals surface area contributed by atoms with Gasteiger partial charge in [0.1, 0.15) is 0 Å². The number of aliphatic carboxylic acids is 2. The van der Waals surface area contributed by atoms with Gasteiger partial charge in [-0.15, -0.1) is 0 Å². The molecule has 15 heavy (non-hydrogen) atoms. The lowest BCUT2D eigenvalue weighted by Crippen LogP contribution is -2.28. The second-order valence-corrected chi connectivity index (χ2v) is 3.66. The van der Waals surface area contributed by atoms with Gasteiger partial charge in [0, 0.05) is 7.05 Å². The van der Waals surface area contributed by atoms with Crippen molar-refractivity contribution in [2.24, 2.45) is 16.1 Å². The lowest BCUT2D eigenvalue weighted by atomic mass is 10.1. The van der Waals surface area contributed by atoms with Crippen LogP contribution in [0.1, 0.15) is 27.7 Å². The summed E-state index contributed by atoms with van der Waals surface area (Å²) in [5.41, 5.74) is -1.07. The average Bonchev–Trinajstić information content (AvgIpc) is 2.04. The van der Waals surface area contributed by atoms with E-state index in [4.69, 9.17) is 10.2 Å². The molecule has 0 rings (SSSR count). The van der Waals surface area contributed by atoms with Crippen LogP contribution in [0.3, 0.4) is 0 Å². The van der Waals surface area contributed by atoms with Gasteiger partial charge in [-0.25, -0.2) is 4.79 Å². The van der Waals surface area contributed by atoms with E-state index in [1.165, 1.54) is 20.9 Å². The molecule has 6 heteroatoms. The Hall–Kier alpha value is -1.46. The van der Waals surface area contributed by atoms with Crippen molar-refractivity contribution < 1.29 is 19.8 Å². The van der Waals surface area contributed by atoms with Gasteiger partial charge in [-0.05, 0) is 13.8 Å². The van der Waals surface area contributed by atoms with Crippen LogP contribution in [-0.2, 0) is 9.59 Å². The number of hydrogen-bond acceptors (Lipinski definition) is 4. The molecule has 0 spiro atoms. The SMILES string of the molecule is CC(C)C(=O)O.CN=NC(C)(C)C(=O)O. The highest BCUT2D eigenvalue weighted by Gasteiger charge is 2.25. The Morgan fingerprint density at radius 1 is 1.20 bits per heavy atom. The minimum absolute atomic E-state index is 0.231. The number of hydrogen-bond donors (Lipinski definition) is 2. The molecule has 2 N–H and O–H groups in total. The van der Waals surface area contributed by atoms with Crippen molar-refractivity contribution in [2.45, 2.75) is 33.2 Å². The molecule has 0 unspecified atom stereocenters. The van der Waals surface area contributed by atoms with E-state index in [9.17, 15) is 9.59 Å². The molecule has 0 aromatic rings. The van der Waals surface area contributed by atoms with Gasteiger partial charge in [-0.3, -0.25) is 4.79 Å². The van der Waals surface area contributed by atoms with Gasteiger partial charge in [0.05, 0.1) is 5.92 Å². The first-order valence-corrected chi connectivity index (χ1v) is 4.42. The van der Waals surface area contributed by atoms with Crippen molar-refractivity contribution in [3.05, 3.63) is 0 Å². The largest absolute Gasteiger partial charge is 0.481 e. The van der Waals surface area contributed by atoms with E-state index in [0.717, 1.165) is 0 Å². The molecule has 0 aromatic heterocycles. The van der Waals surface area contributed by atoms with E-state index < -0.39 is 17.5 Å². The van der Waals surface area contributed by atoms with Crippen LogP contribution < -0.4 is 0 Å². The van der Waals surface area contributed by atoms with Crippen LogP contribution in [0, 0.1) is 5.92 Å². The van der Waals surface area contributed by atoms with Gasteiger partial charge in [-0.1, -0.05) is 13.8 Å². The summed E-state index contributed by atoms with van der Waals surface area (Å²) >= 11 is 0. The van der Waals surface area contributed by atoms with Gasteiger partial charge >= 0.3 is 11.9 Å². The third-order valence-electron chi connectivity index (χ3n) is 1.37. The summed E-state index contributed by atoms with van der Waals surface area (Å²) in [5.74, 6) is -1.94. The topological polar surface area (TPSA) is 99.3 Å². The fourth-order valence-corrected chi connectivity index (χ4v) is 0.293. The maximum atomic E-state index is 10.3. The summed E-state index contributed by atoms with van der Waals surface area (Å²) in [7, 11) is 1.45. The lowest BCUT2D eigenvalue weighted by molar-refractivity contribution is -0.142. The first-order valence-electron chi connectivity index (χ1n) is 4.42. The summed E-state index contributed by atoms with van der Waals surface area (Å²) in [6, 6.07) is 0. The van der Waals surface area contributed by atoms with E-state index in [0.29, 0.717) is 0 Å². The number of azo groups is 1. The zero-order valence-corrected chi connectivity index (χ0v) is 9.68. The van der Waals surface area contributed by atoms with E-state index >= 15 is 0 Å². The van der Waals surface area contributed by atoms with Crippen LogP contribution in [0.15, 0.2) is 10.2 Å². The molecule has 6 nitrogen and oxygen atoms in total. The quantitative estimate of drug-likeness (QED) is 0.703. The Kier molecular flexibility index (Phi) is 7.37. The minimum atomic E-state index is -1.07. The second-order valence-electron chi connectivity index (χ2n) is 3.66. The molecule has 0 bridgehead atoms. The van der Waals surface area contributed by atoms with Crippen molar-refractivity contribution in [2.75, 3.05) is 7.05 Å². The van der Waals surface area contributed by atoms with Gasteiger partial charge in [0.15, 0.2) is 5.54 Å². The predicted molar refractivity (Wildman–Crippen MR) is 55.0 cm³/mol. The molecular formula is C9H18N2O4. The monoisotopic (exact) mass is 218 g/mol. The molecule has 0 atom stereocenters. The van der Waals surface area contributed by atoms with Crippen molar-refractivity contribution >= 4 is 11.9 Å². The fraction of sp³-hybridized carbons (Fsp3) is 0.778. The highest BCUT2D eigenvalue weighted by Crippen LogP contribution is 2.07. The third-order valence-corrected chi connectivity index (χ3v) is 1.37. The summed E-state index contributed by atoms with van der Waals surface area (Å²) in [6.45, 7) is 6.26. The van der Waals surface area contributed by atoms with E-state index in [1.807, 2.05) is 0 Å². The van der Waals surface area contributed by atoms with Crippen molar-refractivity contribution in [3.8, 4) is 0 Å². The summed E-state index contributed by atoms with van der Waals surface area (Å²) in [6.07, 6.45) is 0. The minimum Gasteiger partial charge on any atom is -0.481 e. The van der Waals surface area contributed by atoms with Crippen LogP contribution in [0.4, 0.5) is 0 Å². The molecule has 0 aromatic carbocycles. The Morgan fingerprint density at radius 2 is 1.53 bits per heavy atom. The zero-order chi connectivity index (χ0) is 12.6. The normalized spacial score (nSPS) is 11.1. The Labute approximate surface area is 89.0 Å². The molecule has 0 aliphatic carbocycles. The maximum absolute atomic E-state index is 10.3. The molecule has 88 valence electrons. The van der Waals surface area contributed by atoms with E-state index in [1.54, 1.807) is 13.8 Å². The van der Waals surface area contributed by atoms with Crippen LogP contribution in [-0.4, -0.2) is 34.7 Å². The van der Waals surface area contributed by atoms with E-state index in [-0.39, 0.29) is 5.92 Å². The number of carboxylic acid groups (broad SMARTS) is 2. The van der Waals surface area contributed by atoms with Gasteiger partial charge < -0.3 is 10.2 Å². The first-order chi connectivity index (χ1) is 6.65. The number of carboxylic acids is 2. The predicted octanol–water partition coefficient (Wildman–Crippen LogP) is 1.66. The van der Waals surface area contributed by atoms with Crippen LogP contribution in [0.2, 0.25) is 0 Å². The molecule has 0 fully saturated rings.